The summed E-state index contributed by atoms with van der Waals surface area (Å²) in [4.78, 5) is 0. The van der Waals surface area contributed by atoms with Crippen molar-refractivity contribution in [1.29, 1.82) is 10.5 Å². The number of para-hydroxylation sites is 3. The fraction of sp³-hybridized carbons (Fsp3) is 0.100. The molecule has 0 unspecified atom stereocenters. The van der Waals surface area contributed by atoms with Gasteiger partial charge in [-0.05, 0) is 114 Å². The molecular weight excluding hydrogens is 777 g/mol. The van der Waals surface area contributed by atoms with Crippen LogP contribution in [0, 0.1) is 43.4 Å². The summed E-state index contributed by atoms with van der Waals surface area (Å²) in [5.74, 6) is -0.272. The lowest BCUT2D eigenvalue weighted by Crippen LogP contribution is -2.16. The Bertz CT molecular complexity index is 3490. The number of hydrogen-bond donors (Lipinski definition) is 0. The van der Waals surface area contributed by atoms with E-state index in [0.717, 1.165) is 90.6 Å². The predicted molar refractivity (Wildman–Crippen MR) is 263 cm³/mol. The second kappa shape index (κ2) is 15.6. The van der Waals surface area contributed by atoms with Crippen molar-refractivity contribution in [2.24, 2.45) is 0 Å². The summed E-state index contributed by atoms with van der Waals surface area (Å²) in [5, 5.41) is 26.4. The molecule has 64 heavy (non-hydrogen) atoms. The van der Waals surface area contributed by atoms with Crippen LogP contribution < -0.4 is 0 Å². The highest BCUT2D eigenvalue weighted by molar-refractivity contribution is 6.10. The molecule has 10 aromatic rings. The minimum atomic E-state index is -0.272. The minimum Gasteiger partial charge on any atom is -0.308 e. The minimum absolute atomic E-state index is 0.272. The van der Waals surface area contributed by atoms with Gasteiger partial charge in [-0.2, -0.15) is 10.5 Å². The van der Waals surface area contributed by atoms with Gasteiger partial charge in [-0.15, -0.1) is 0 Å². The highest BCUT2D eigenvalue weighted by atomic mass is 15.0. The third-order valence-corrected chi connectivity index (χ3v) is 13.5. The first kappa shape index (κ1) is 38.7. The van der Waals surface area contributed by atoms with Crippen molar-refractivity contribution in [3.63, 3.8) is 0 Å². The highest BCUT2D eigenvalue weighted by Crippen LogP contribution is 2.53. The molecule has 0 radical (unpaired) electrons. The normalized spacial score (nSPS) is 12.6. The molecule has 0 amide bonds. The lowest BCUT2D eigenvalue weighted by molar-refractivity contribution is 0.937. The summed E-state index contributed by atoms with van der Waals surface area (Å²) in [7, 11) is 0. The van der Waals surface area contributed by atoms with Crippen molar-refractivity contribution >= 4 is 38.8 Å². The van der Waals surface area contributed by atoms with Crippen LogP contribution in [0.25, 0.3) is 72.4 Å². The Morgan fingerprint density at radius 1 is 0.469 bits per heavy atom. The number of nitriles is 2. The molecule has 12 rings (SSSR count). The first-order valence-corrected chi connectivity index (χ1v) is 22.1. The van der Waals surface area contributed by atoms with Gasteiger partial charge in [-0.3, -0.25) is 0 Å². The largest absolute Gasteiger partial charge is 0.308 e. The van der Waals surface area contributed by atoms with E-state index in [2.05, 4.69) is 217 Å². The zero-order valence-electron chi connectivity index (χ0n) is 36.1. The van der Waals surface area contributed by atoms with Crippen LogP contribution in [0.2, 0.25) is 0 Å². The van der Waals surface area contributed by atoms with Gasteiger partial charge in [0.05, 0.1) is 39.1 Å². The monoisotopic (exact) mass is 820 g/mol. The Morgan fingerprint density at radius 3 is 1.45 bits per heavy atom. The maximum absolute atomic E-state index is 11.6. The van der Waals surface area contributed by atoms with Gasteiger partial charge in [0.2, 0.25) is 0 Å². The molecule has 0 aliphatic heterocycles. The maximum atomic E-state index is 11.6. The third kappa shape index (κ3) is 5.88. The van der Waals surface area contributed by atoms with Crippen LogP contribution in [-0.4, -0.2) is 9.13 Å². The van der Waals surface area contributed by atoms with Crippen LogP contribution in [0.1, 0.15) is 68.1 Å². The molecule has 304 valence electrons. The van der Waals surface area contributed by atoms with Crippen molar-refractivity contribution in [2.75, 3.05) is 0 Å². The Labute approximate surface area is 373 Å². The smallest absolute Gasteiger partial charge is 0.102 e. The van der Waals surface area contributed by atoms with E-state index in [1.807, 2.05) is 6.92 Å². The van der Waals surface area contributed by atoms with Crippen molar-refractivity contribution in [1.82, 2.24) is 9.13 Å². The SMILES string of the molecule is Cc1c(C#N)c(-n2c3ccccc3c3ccccc32)c(C2c3ccccc3-c3ccccc32)c(C#N)c1-n1c2c(c3ccccc31)CCC=C2.Cc1ccccc1-c1ccccc1C. The Kier molecular flexibility index (Phi) is 9.45. The average molecular weight is 821 g/mol. The molecule has 0 saturated heterocycles. The van der Waals surface area contributed by atoms with E-state index in [0.29, 0.717) is 11.1 Å². The zero-order chi connectivity index (χ0) is 43.5. The molecule has 0 atom stereocenters. The number of nitrogens with zero attached hydrogens (tertiary/aromatic N) is 4. The Balaban J connectivity index is 0.000000278. The lowest BCUT2D eigenvalue weighted by atomic mass is 9.81. The summed E-state index contributed by atoms with van der Waals surface area (Å²) in [6.45, 7) is 6.34. The van der Waals surface area contributed by atoms with Crippen molar-refractivity contribution in [3.8, 4) is 45.8 Å². The van der Waals surface area contributed by atoms with E-state index in [9.17, 15) is 10.5 Å². The van der Waals surface area contributed by atoms with Crippen molar-refractivity contribution in [3.05, 3.63) is 232 Å². The second-order valence-electron chi connectivity index (χ2n) is 17.0. The van der Waals surface area contributed by atoms with Crippen LogP contribution in [0.15, 0.2) is 176 Å². The van der Waals surface area contributed by atoms with Crippen molar-refractivity contribution < 1.29 is 0 Å². The molecule has 0 spiro atoms. The van der Waals surface area contributed by atoms with Crippen LogP contribution in [0.3, 0.4) is 0 Å². The zero-order valence-corrected chi connectivity index (χ0v) is 36.1. The van der Waals surface area contributed by atoms with Gasteiger partial charge < -0.3 is 9.13 Å². The number of aromatic nitrogens is 2. The molecule has 8 aromatic carbocycles. The average Bonchev–Trinajstić information content (AvgIpc) is 3.98. The molecule has 4 heteroatoms. The number of rotatable bonds is 4. The molecule has 2 aromatic heterocycles. The van der Waals surface area contributed by atoms with E-state index >= 15 is 0 Å². The molecule has 0 fully saturated rings. The number of allylic oxidation sites excluding steroid dienone is 1. The number of hydrogen-bond acceptors (Lipinski definition) is 2. The van der Waals surface area contributed by atoms with Gasteiger partial charge in [0.1, 0.15) is 12.1 Å². The maximum Gasteiger partial charge on any atom is 0.102 e. The fourth-order valence-corrected chi connectivity index (χ4v) is 10.7. The van der Waals surface area contributed by atoms with Gasteiger partial charge >= 0.3 is 0 Å². The summed E-state index contributed by atoms with van der Waals surface area (Å²) in [6.07, 6.45) is 6.33. The number of benzene rings is 8. The van der Waals surface area contributed by atoms with Crippen LogP contribution in [0.5, 0.6) is 0 Å². The van der Waals surface area contributed by atoms with E-state index < -0.39 is 0 Å². The molecule has 0 N–H and O–H groups in total. The van der Waals surface area contributed by atoms with Gasteiger partial charge in [-0.1, -0.05) is 158 Å². The van der Waals surface area contributed by atoms with Crippen LogP contribution in [-0.2, 0) is 6.42 Å². The predicted octanol–water partition coefficient (Wildman–Crippen LogP) is 14.9. The third-order valence-electron chi connectivity index (χ3n) is 13.5. The Morgan fingerprint density at radius 2 is 0.922 bits per heavy atom. The number of fused-ring (bicyclic) bond motifs is 9. The van der Waals surface area contributed by atoms with Crippen LogP contribution in [0.4, 0.5) is 0 Å². The first-order chi connectivity index (χ1) is 31.5. The summed E-state index contributed by atoms with van der Waals surface area (Å²) in [6, 6.07) is 64.9. The molecule has 2 heterocycles. The standard InChI is InChI=1S/C46H30N4.C14H14/c1-28-37(26-47)46(50-41-24-12-8-18-33(41)34-19-9-13-25-42(34)50)44(43-35-20-4-2-14-29(35)30-15-3-5-21-36(30)43)38(27-48)45(28)49-39-22-10-6-16-31(39)32-17-7-11-23-40(32)49;1-11-7-3-5-9-13(11)14-10-6-4-8-12(14)2/h2-6,8-16,18-25,43H,7,17H2,1H3;3-10H,1-2H3. The lowest BCUT2D eigenvalue weighted by Gasteiger charge is -2.27. The molecule has 4 nitrogen and oxygen atoms in total. The molecule has 0 saturated carbocycles. The van der Waals surface area contributed by atoms with E-state index in [1.165, 1.54) is 33.2 Å². The van der Waals surface area contributed by atoms with Gasteiger partial charge in [0.25, 0.3) is 0 Å². The molecule has 2 aliphatic rings. The second-order valence-corrected chi connectivity index (χ2v) is 17.0. The van der Waals surface area contributed by atoms with E-state index in [4.69, 9.17) is 0 Å². The van der Waals surface area contributed by atoms with E-state index in [-0.39, 0.29) is 5.92 Å². The molecule has 0 bridgehead atoms. The van der Waals surface area contributed by atoms with Gasteiger partial charge in [0, 0.05) is 33.3 Å². The number of aryl methyl sites for hydroxylation is 3. The van der Waals surface area contributed by atoms with Gasteiger partial charge in [-0.25, -0.2) is 0 Å². The van der Waals surface area contributed by atoms with Crippen molar-refractivity contribution in [2.45, 2.75) is 39.5 Å². The highest BCUT2D eigenvalue weighted by Gasteiger charge is 2.38. The summed E-state index contributed by atoms with van der Waals surface area (Å²) < 4.78 is 4.52. The topological polar surface area (TPSA) is 57.4 Å². The quantitative estimate of drug-likeness (QED) is 0.178. The fourth-order valence-electron chi connectivity index (χ4n) is 10.7. The Hall–Kier alpha value is -8.18. The first-order valence-electron chi connectivity index (χ1n) is 22.1. The van der Waals surface area contributed by atoms with E-state index in [1.54, 1.807) is 0 Å². The van der Waals surface area contributed by atoms with Crippen LogP contribution >= 0.6 is 0 Å². The molecular formula is C60H44N4. The summed E-state index contributed by atoms with van der Waals surface area (Å²) >= 11 is 0. The molecule has 2 aliphatic carbocycles. The summed E-state index contributed by atoms with van der Waals surface area (Å²) in [5.41, 5.74) is 19.8. The van der Waals surface area contributed by atoms with Gasteiger partial charge in [0.15, 0.2) is 0 Å².